The molecule has 1 aromatic rings. The highest BCUT2D eigenvalue weighted by Crippen LogP contribution is 2.22. The molecule has 88 valence electrons. The summed E-state index contributed by atoms with van der Waals surface area (Å²) in [4.78, 5) is 2.23. The molecule has 16 heavy (non-hydrogen) atoms. The molecule has 1 aliphatic rings. The Morgan fingerprint density at radius 3 is 2.75 bits per heavy atom. The first-order chi connectivity index (χ1) is 7.81. The van der Waals surface area contributed by atoms with Crippen molar-refractivity contribution in [1.82, 2.24) is 10.2 Å². The molecule has 1 atom stereocenters. The van der Waals surface area contributed by atoms with Crippen molar-refractivity contribution < 1.29 is 4.39 Å². The second kappa shape index (κ2) is 5.41. The van der Waals surface area contributed by atoms with Gasteiger partial charge in [-0.3, -0.25) is 4.90 Å². The largest absolute Gasteiger partial charge is 0.314 e. The van der Waals surface area contributed by atoms with Crippen LogP contribution in [0.25, 0.3) is 0 Å². The summed E-state index contributed by atoms with van der Waals surface area (Å²) in [7, 11) is 0. The standard InChI is InChI=1S/C13H19FN2/c1-11-3-2-4-12(9-11)13(10-14)16-7-5-15-6-8-16/h2-4,9,13,15H,5-8,10H2,1H3/t13-/m1/s1. The summed E-state index contributed by atoms with van der Waals surface area (Å²) in [6, 6.07) is 8.11. The fourth-order valence-electron chi connectivity index (χ4n) is 2.27. The van der Waals surface area contributed by atoms with E-state index in [1.807, 2.05) is 12.1 Å². The van der Waals surface area contributed by atoms with E-state index in [0.717, 1.165) is 31.7 Å². The van der Waals surface area contributed by atoms with Crippen LogP contribution in [0.1, 0.15) is 17.2 Å². The fraction of sp³-hybridized carbons (Fsp3) is 0.538. The third-order valence-electron chi connectivity index (χ3n) is 3.17. The Balaban J connectivity index is 2.14. The van der Waals surface area contributed by atoms with Crippen LogP contribution in [0.4, 0.5) is 4.39 Å². The third kappa shape index (κ3) is 2.60. The number of benzene rings is 1. The van der Waals surface area contributed by atoms with E-state index in [-0.39, 0.29) is 12.7 Å². The van der Waals surface area contributed by atoms with Gasteiger partial charge in [0.15, 0.2) is 0 Å². The normalized spacial score (nSPS) is 19.6. The molecule has 3 heteroatoms. The minimum absolute atomic E-state index is 0.0676. The third-order valence-corrected chi connectivity index (χ3v) is 3.17. The molecule has 1 saturated heterocycles. The highest BCUT2D eigenvalue weighted by Gasteiger charge is 2.21. The Kier molecular flexibility index (Phi) is 3.91. The van der Waals surface area contributed by atoms with E-state index in [9.17, 15) is 4.39 Å². The van der Waals surface area contributed by atoms with E-state index >= 15 is 0 Å². The van der Waals surface area contributed by atoms with Gasteiger partial charge >= 0.3 is 0 Å². The molecule has 0 radical (unpaired) electrons. The first kappa shape index (κ1) is 11.6. The molecule has 0 aromatic heterocycles. The van der Waals surface area contributed by atoms with Gasteiger partial charge in [0.2, 0.25) is 0 Å². The second-order valence-electron chi connectivity index (χ2n) is 4.37. The van der Waals surface area contributed by atoms with Crippen LogP contribution in [0.5, 0.6) is 0 Å². The summed E-state index contributed by atoms with van der Waals surface area (Å²) in [6.07, 6.45) is 0. The minimum atomic E-state index is -0.302. The van der Waals surface area contributed by atoms with Gasteiger partial charge in [0.05, 0.1) is 6.04 Å². The number of aryl methyl sites for hydroxylation is 1. The first-order valence-electron chi connectivity index (χ1n) is 5.88. The monoisotopic (exact) mass is 222 g/mol. The average molecular weight is 222 g/mol. The molecule has 1 aromatic carbocycles. The quantitative estimate of drug-likeness (QED) is 0.840. The number of piperazine rings is 1. The Morgan fingerprint density at radius 2 is 2.12 bits per heavy atom. The summed E-state index contributed by atoms with van der Waals surface area (Å²) in [5, 5.41) is 3.29. The maximum Gasteiger partial charge on any atom is 0.109 e. The lowest BCUT2D eigenvalue weighted by atomic mass is 10.0. The molecule has 2 nitrogen and oxygen atoms in total. The zero-order valence-corrected chi connectivity index (χ0v) is 9.75. The number of nitrogens with zero attached hydrogens (tertiary/aromatic N) is 1. The van der Waals surface area contributed by atoms with Crippen molar-refractivity contribution in [2.75, 3.05) is 32.9 Å². The SMILES string of the molecule is Cc1cccc([C@@H](CF)N2CCNCC2)c1. The second-order valence-corrected chi connectivity index (χ2v) is 4.37. The predicted molar refractivity (Wildman–Crippen MR) is 64.3 cm³/mol. The van der Waals surface area contributed by atoms with Gasteiger partial charge < -0.3 is 5.32 Å². The van der Waals surface area contributed by atoms with Crippen molar-refractivity contribution in [1.29, 1.82) is 0 Å². The lowest BCUT2D eigenvalue weighted by Crippen LogP contribution is -2.45. The molecule has 0 saturated carbocycles. The number of hydrogen-bond acceptors (Lipinski definition) is 2. The molecule has 0 spiro atoms. The molecular weight excluding hydrogens is 203 g/mol. The zero-order chi connectivity index (χ0) is 11.4. The lowest BCUT2D eigenvalue weighted by molar-refractivity contribution is 0.147. The smallest absolute Gasteiger partial charge is 0.109 e. The molecular formula is C13H19FN2. The fourth-order valence-corrected chi connectivity index (χ4v) is 2.27. The summed E-state index contributed by atoms with van der Waals surface area (Å²) >= 11 is 0. The van der Waals surface area contributed by atoms with Crippen LogP contribution < -0.4 is 5.32 Å². The van der Waals surface area contributed by atoms with E-state index in [1.54, 1.807) is 0 Å². The molecule has 0 amide bonds. The molecule has 0 unspecified atom stereocenters. The van der Waals surface area contributed by atoms with Crippen molar-refractivity contribution in [3.8, 4) is 0 Å². The van der Waals surface area contributed by atoms with Crippen molar-refractivity contribution in [2.24, 2.45) is 0 Å². The summed E-state index contributed by atoms with van der Waals surface area (Å²) in [5.41, 5.74) is 2.30. The maximum atomic E-state index is 13.2. The highest BCUT2D eigenvalue weighted by atomic mass is 19.1. The van der Waals surface area contributed by atoms with Crippen molar-refractivity contribution in [3.63, 3.8) is 0 Å². The molecule has 0 aliphatic carbocycles. The van der Waals surface area contributed by atoms with Crippen LogP contribution in [0, 0.1) is 6.92 Å². The first-order valence-corrected chi connectivity index (χ1v) is 5.88. The van der Waals surface area contributed by atoms with Gasteiger partial charge in [0, 0.05) is 26.2 Å². The van der Waals surface area contributed by atoms with Crippen LogP contribution in [-0.4, -0.2) is 37.8 Å². The number of hydrogen-bond donors (Lipinski definition) is 1. The van der Waals surface area contributed by atoms with E-state index in [4.69, 9.17) is 0 Å². The summed E-state index contributed by atoms with van der Waals surface area (Å²) < 4.78 is 13.2. The van der Waals surface area contributed by atoms with Gasteiger partial charge in [-0.25, -0.2) is 4.39 Å². The summed E-state index contributed by atoms with van der Waals surface area (Å²) in [5.74, 6) is 0. The number of nitrogens with one attached hydrogen (secondary N) is 1. The number of halogens is 1. The number of alkyl halides is 1. The molecule has 1 heterocycles. The molecule has 1 aliphatic heterocycles. The van der Waals surface area contributed by atoms with Crippen LogP contribution >= 0.6 is 0 Å². The Morgan fingerprint density at radius 1 is 1.38 bits per heavy atom. The zero-order valence-electron chi connectivity index (χ0n) is 9.75. The molecule has 2 rings (SSSR count). The van der Waals surface area contributed by atoms with Crippen LogP contribution in [0.3, 0.4) is 0 Å². The summed E-state index contributed by atoms with van der Waals surface area (Å²) in [6.45, 7) is 5.54. The van der Waals surface area contributed by atoms with Gasteiger partial charge in [-0.2, -0.15) is 0 Å². The van der Waals surface area contributed by atoms with Crippen LogP contribution in [-0.2, 0) is 0 Å². The van der Waals surface area contributed by atoms with Crippen LogP contribution in [0.2, 0.25) is 0 Å². The van der Waals surface area contributed by atoms with Gasteiger partial charge in [0.25, 0.3) is 0 Å². The van der Waals surface area contributed by atoms with Crippen molar-refractivity contribution in [3.05, 3.63) is 35.4 Å². The van der Waals surface area contributed by atoms with Gasteiger partial charge in [0.1, 0.15) is 6.67 Å². The van der Waals surface area contributed by atoms with Gasteiger partial charge in [-0.1, -0.05) is 29.8 Å². The van der Waals surface area contributed by atoms with Crippen LogP contribution in [0.15, 0.2) is 24.3 Å². The van der Waals surface area contributed by atoms with E-state index in [2.05, 4.69) is 29.3 Å². The molecule has 1 fully saturated rings. The van der Waals surface area contributed by atoms with E-state index < -0.39 is 0 Å². The molecule has 0 bridgehead atoms. The predicted octanol–water partition coefficient (Wildman–Crippen LogP) is 1.91. The van der Waals surface area contributed by atoms with E-state index in [1.165, 1.54) is 5.56 Å². The van der Waals surface area contributed by atoms with Gasteiger partial charge in [-0.05, 0) is 12.5 Å². The van der Waals surface area contributed by atoms with Gasteiger partial charge in [-0.15, -0.1) is 0 Å². The van der Waals surface area contributed by atoms with Crippen molar-refractivity contribution in [2.45, 2.75) is 13.0 Å². The Bertz CT molecular complexity index is 334. The average Bonchev–Trinajstić information content (AvgIpc) is 2.31. The lowest BCUT2D eigenvalue weighted by Gasteiger charge is -2.33. The maximum absolute atomic E-state index is 13.2. The molecule has 1 N–H and O–H groups in total. The topological polar surface area (TPSA) is 15.3 Å². The highest BCUT2D eigenvalue weighted by molar-refractivity contribution is 5.25. The van der Waals surface area contributed by atoms with Crippen molar-refractivity contribution >= 4 is 0 Å². The Hall–Kier alpha value is -0.930. The Labute approximate surface area is 96.5 Å². The van der Waals surface area contributed by atoms with E-state index in [0.29, 0.717) is 0 Å². The minimum Gasteiger partial charge on any atom is -0.314 e. The number of rotatable bonds is 3.